The number of ether oxygens (including phenoxy) is 1. The van der Waals surface area contributed by atoms with Gasteiger partial charge in [-0.15, -0.1) is 0 Å². The fourth-order valence-electron chi connectivity index (χ4n) is 9.15. The fourth-order valence-corrected chi connectivity index (χ4v) is 9.15. The summed E-state index contributed by atoms with van der Waals surface area (Å²) in [6, 6.07) is 5.70. The van der Waals surface area contributed by atoms with Crippen LogP contribution in [0.2, 0.25) is 0 Å². The van der Waals surface area contributed by atoms with Crippen LogP contribution >= 0.6 is 0 Å². The minimum Gasteiger partial charge on any atom is -0.508 e. The van der Waals surface area contributed by atoms with Crippen LogP contribution in [-0.4, -0.2) is 41.7 Å². The summed E-state index contributed by atoms with van der Waals surface area (Å²) < 4.78 is 5.06. The number of fused-ring (bicyclic) bond motifs is 5. The zero-order valence-electron chi connectivity index (χ0n) is 23.5. The first kappa shape index (κ1) is 27.6. The van der Waals surface area contributed by atoms with E-state index >= 15 is 0 Å². The normalized spacial score (nSPS) is 36.1. The van der Waals surface area contributed by atoms with Gasteiger partial charge in [-0.1, -0.05) is 31.6 Å². The van der Waals surface area contributed by atoms with Crippen LogP contribution < -0.4 is 5.32 Å². The highest BCUT2D eigenvalue weighted by atomic mass is 16.5. The molecular formula is C32H41NO6. The summed E-state index contributed by atoms with van der Waals surface area (Å²) >= 11 is 0. The van der Waals surface area contributed by atoms with Crippen LogP contribution in [0.1, 0.15) is 71.3 Å². The van der Waals surface area contributed by atoms with Gasteiger partial charge in [0.2, 0.25) is 5.91 Å². The molecule has 2 N–H and O–H groups in total. The number of methoxy groups -OCH3 is 1. The zero-order chi connectivity index (χ0) is 28.1. The molecule has 0 bridgehead atoms. The molecule has 0 radical (unpaired) electrons. The molecule has 7 nitrogen and oxygen atoms in total. The number of nitrogens with one attached hydrogen (secondary N) is 1. The van der Waals surface area contributed by atoms with Crippen molar-refractivity contribution in [3.8, 4) is 5.75 Å². The summed E-state index contributed by atoms with van der Waals surface area (Å²) in [7, 11) is 1.31. The van der Waals surface area contributed by atoms with Gasteiger partial charge in [0.1, 0.15) is 17.6 Å². The second-order valence-corrected chi connectivity index (χ2v) is 12.9. The Morgan fingerprint density at radius 1 is 1.10 bits per heavy atom. The second-order valence-electron chi connectivity index (χ2n) is 12.9. The van der Waals surface area contributed by atoms with E-state index in [4.69, 9.17) is 4.74 Å². The van der Waals surface area contributed by atoms with Gasteiger partial charge < -0.3 is 15.2 Å². The van der Waals surface area contributed by atoms with E-state index in [9.17, 15) is 24.3 Å². The molecule has 0 heterocycles. The molecule has 39 heavy (non-hydrogen) atoms. The minimum atomic E-state index is -0.873. The Bertz CT molecular complexity index is 1200. The van der Waals surface area contributed by atoms with Crippen molar-refractivity contribution < 1.29 is 29.0 Å². The lowest BCUT2D eigenvalue weighted by atomic mass is 9.43. The van der Waals surface area contributed by atoms with E-state index in [2.05, 4.69) is 19.2 Å². The number of carbonyl (C=O) groups is 4. The Balaban J connectivity index is 1.50. The Kier molecular flexibility index (Phi) is 7.23. The number of aromatic hydroxyl groups is 1. The molecular weight excluding hydrogens is 494 g/mol. The van der Waals surface area contributed by atoms with E-state index in [1.165, 1.54) is 7.11 Å². The molecule has 3 saturated carbocycles. The fraction of sp³-hybridized carbons (Fsp3) is 0.625. The maximum absolute atomic E-state index is 14.3. The number of rotatable bonds is 6. The van der Waals surface area contributed by atoms with Gasteiger partial charge in [0.15, 0.2) is 5.78 Å². The Morgan fingerprint density at radius 3 is 2.49 bits per heavy atom. The molecule has 4 aliphatic rings. The molecule has 1 aromatic rings. The highest BCUT2D eigenvalue weighted by Gasteiger charge is 2.64. The molecule has 0 aromatic heterocycles. The largest absolute Gasteiger partial charge is 0.508 e. The van der Waals surface area contributed by atoms with Crippen molar-refractivity contribution >= 4 is 23.4 Å². The summed E-state index contributed by atoms with van der Waals surface area (Å²) in [5.74, 6) is 0.0452. The van der Waals surface area contributed by atoms with Crippen molar-refractivity contribution in [2.24, 2.45) is 40.4 Å². The van der Waals surface area contributed by atoms with Crippen molar-refractivity contribution in [1.82, 2.24) is 5.32 Å². The van der Waals surface area contributed by atoms with Crippen molar-refractivity contribution in [1.29, 1.82) is 0 Å². The predicted octanol–water partition coefficient (Wildman–Crippen LogP) is 4.56. The van der Waals surface area contributed by atoms with Crippen LogP contribution in [0.15, 0.2) is 35.9 Å². The molecule has 0 spiro atoms. The van der Waals surface area contributed by atoms with E-state index in [0.29, 0.717) is 18.8 Å². The van der Waals surface area contributed by atoms with Crippen LogP contribution in [0.3, 0.4) is 0 Å². The summed E-state index contributed by atoms with van der Waals surface area (Å²) in [6.07, 6.45) is 7.52. The molecule has 0 saturated heterocycles. The lowest BCUT2D eigenvalue weighted by molar-refractivity contribution is -0.153. The number of amides is 1. The van der Waals surface area contributed by atoms with Crippen molar-refractivity contribution in [3.63, 3.8) is 0 Å². The molecule has 1 aromatic carbocycles. The van der Waals surface area contributed by atoms with Gasteiger partial charge in [0.25, 0.3) is 0 Å². The van der Waals surface area contributed by atoms with Gasteiger partial charge in [-0.05, 0) is 97.8 Å². The van der Waals surface area contributed by atoms with E-state index in [0.717, 1.165) is 43.2 Å². The smallest absolute Gasteiger partial charge is 0.328 e. The maximum atomic E-state index is 14.3. The summed E-state index contributed by atoms with van der Waals surface area (Å²) in [4.78, 5) is 52.3. The van der Waals surface area contributed by atoms with Crippen molar-refractivity contribution in [2.45, 2.75) is 78.2 Å². The average Bonchev–Trinajstić information content (AvgIpc) is 3.26. The third-order valence-corrected chi connectivity index (χ3v) is 10.9. The molecule has 210 valence electrons. The lowest BCUT2D eigenvalue weighted by Crippen LogP contribution is -2.59. The molecule has 4 aliphatic carbocycles. The van der Waals surface area contributed by atoms with E-state index in [-0.39, 0.29) is 64.1 Å². The van der Waals surface area contributed by atoms with Crippen LogP contribution in [0.5, 0.6) is 5.75 Å². The number of Topliss-reactive ketones (excluding diaryl/α,β-unsaturated/α-hetero) is 1. The quantitative estimate of drug-likeness (QED) is 0.517. The molecule has 0 aliphatic heterocycles. The number of carbonyl (C=O) groups excluding carboxylic acids is 4. The van der Waals surface area contributed by atoms with Gasteiger partial charge in [0.05, 0.1) is 7.11 Å². The molecule has 8 atom stereocenters. The Labute approximate surface area is 230 Å². The summed E-state index contributed by atoms with van der Waals surface area (Å²) in [6.45, 7) is 6.12. The summed E-state index contributed by atoms with van der Waals surface area (Å²) in [5.41, 5.74) is 1.43. The standard InChI is InChI=1S/C32H41NO6/c1-18(34)25-11-12-26-23-10-7-20-16-22(36)13-14-31(20,2)28(23)24(17-32(25,26)3)29(37)33-27(30(38)39-4)15-19-5-8-21(35)9-6-19/h5-6,8-9,16,23-28,35H,7,10-15,17H2,1-4H3,(H,33,37)/t23-,24?,25+,26-,27?,28+,31-,32+/m0/s1. The summed E-state index contributed by atoms with van der Waals surface area (Å²) in [5, 5.41) is 12.7. The van der Waals surface area contributed by atoms with Crippen molar-refractivity contribution in [3.05, 3.63) is 41.5 Å². The molecule has 5 rings (SSSR count). The number of phenols is 1. The topological polar surface area (TPSA) is 110 Å². The Hall–Kier alpha value is -2.96. The number of phenolic OH excluding ortho intramolecular Hbond substituents is 1. The third kappa shape index (κ3) is 4.72. The maximum Gasteiger partial charge on any atom is 0.328 e. The first-order valence-corrected chi connectivity index (χ1v) is 14.4. The molecule has 3 fully saturated rings. The lowest BCUT2D eigenvalue weighted by Gasteiger charge is -2.60. The van der Waals surface area contributed by atoms with Crippen LogP contribution in [0, 0.1) is 40.4 Å². The highest BCUT2D eigenvalue weighted by Crippen LogP contribution is 2.68. The second kappa shape index (κ2) is 10.2. The van der Waals surface area contributed by atoms with Gasteiger partial charge >= 0.3 is 5.97 Å². The number of allylic oxidation sites excluding steroid dienone is 1. The third-order valence-electron chi connectivity index (χ3n) is 10.9. The van der Waals surface area contributed by atoms with Gasteiger partial charge in [-0.2, -0.15) is 0 Å². The van der Waals surface area contributed by atoms with Gasteiger partial charge in [0, 0.05) is 24.7 Å². The number of esters is 1. The van der Waals surface area contributed by atoms with Crippen LogP contribution in [0.4, 0.5) is 0 Å². The number of hydrogen-bond acceptors (Lipinski definition) is 6. The number of benzene rings is 1. The monoisotopic (exact) mass is 535 g/mol. The van der Waals surface area contributed by atoms with Crippen LogP contribution in [-0.2, 0) is 30.3 Å². The Morgan fingerprint density at radius 2 is 1.82 bits per heavy atom. The first-order valence-electron chi connectivity index (χ1n) is 14.4. The zero-order valence-corrected chi connectivity index (χ0v) is 23.5. The molecule has 2 unspecified atom stereocenters. The van der Waals surface area contributed by atoms with Crippen molar-refractivity contribution in [2.75, 3.05) is 7.11 Å². The molecule has 1 amide bonds. The SMILES string of the molecule is COC(=O)C(Cc1ccc(O)cc1)NC(=O)C1C[C@]2(C)[C@@H](C(C)=O)CC[C@H]2[C@@H]2CCC3=CC(=O)CC[C@]3(C)[C@@H]12. The van der Waals surface area contributed by atoms with E-state index in [1.54, 1.807) is 31.2 Å². The van der Waals surface area contributed by atoms with Crippen LogP contribution in [0.25, 0.3) is 0 Å². The number of hydrogen-bond donors (Lipinski definition) is 2. The number of ketones is 2. The van der Waals surface area contributed by atoms with E-state index < -0.39 is 12.0 Å². The average molecular weight is 536 g/mol. The van der Waals surface area contributed by atoms with Gasteiger partial charge in [-0.25, -0.2) is 4.79 Å². The first-order chi connectivity index (χ1) is 18.5. The van der Waals surface area contributed by atoms with E-state index in [1.807, 2.05) is 6.08 Å². The minimum absolute atomic E-state index is 0.0429. The van der Waals surface area contributed by atoms with Gasteiger partial charge in [-0.3, -0.25) is 14.4 Å². The molecule has 7 heteroatoms. The predicted molar refractivity (Wildman–Crippen MR) is 146 cm³/mol. The highest BCUT2D eigenvalue weighted by molar-refractivity contribution is 5.92.